The highest BCUT2D eigenvalue weighted by molar-refractivity contribution is 7.91. The van der Waals surface area contributed by atoms with Crippen LogP contribution in [0.5, 0.6) is 0 Å². The van der Waals surface area contributed by atoms with E-state index in [0.29, 0.717) is 10.9 Å². The molecule has 0 aliphatic rings. The fourth-order valence-corrected chi connectivity index (χ4v) is 6.58. The van der Waals surface area contributed by atoms with Gasteiger partial charge in [-0.2, -0.15) is 0 Å². The molecule has 1 aromatic rings. The SMILES string of the molecule is CC(C)N(C)c1ccc(S(=O)(=O)N[Si](C)(C)C(C)(C)C)cc1. The highest BCUT2D eigenvalue weighted by Gasteiger charge is 2.39. The second kappa shape index (κ2) is 6.33. The van der Waals surface area contributed by atoms with E-state index in [1.165, 1.54) is 0 Å². The second-order valence-corrected chi connectivity index (χ2v) is 14.7. The first-order valence-electron chi connectivity index (χ1n) is 7.65. The Morgan fingerprint density at radius 1 is 1.09 bits per heavy atom. The quantitative estimate of drug-likeness (QED) is 0.828. The van der Waals surface area contributed by atoms with Crippen molar-refractivity contribution >= 4 is 23.9 Å². The van der Waals surface area contributed by atoms with Crippen LogP contribution in [0, 0.1) is 0 Å². The number of rotatable bonds is 5. The van der Waals surface area contributed by atoms with Crippen LogP contribution in [0.25, 0.3) is 0 Å². The Bertz CT molecular complexity index is 602. The van der Waals surface area contributed by atoms with Crippen molar-refractivity contribution in [3.63, 3.8) is 0 Å². The van der Waals surface area contributed by atoms with Gasteiger partial charge in [-0.15, -0.1) is 0 Å². The van der Waals surface area contributed by atoms with Crippen LogP contribution >= 0.6 is 0 Å². The molecule has 6 heteroatoms. The van der Waals surface area contributed by atoms with Gasteiger partial charge in [0.1, 0.15) is 8.24 Å². The second-order valence-electron chi connectivity index (χ2n) is 7.68. The van der Waals surface area contributed by atoms with Gasteiger partial charge < -0.3 is 4.90 Å². The van der Waals surface area contributed by atoms with Crippen LogP contribution in [0.4, 0.5) is 5.69 Å². The molecule has 0 heterocycles. The number of hydrogen-bond donors (Lipinski definition) is 1. The smallest absolute Gasteiger partial charge is 0.234 e. The van der Waals surface area contributed by atoms with Crippen LogP contribution in [0.15, 0.2) is 29.2 Å². The minimum absolute atomic E-state index is 0.0438. The third-order valence-corrected chi connectivity index (χ3v) is 12.4. The lowest BCUT2D eigenvalue weighted by Gasteiger charge is -2.36. The monoisotopic (exact) mass is 342 g/mol. The van der Waals surface area contributed by atoms with Gasteiger partial charge in [0.2, 0.25) is 10.0 Å². The normalized spacial score (nSPS) is 13.5. The Morgan fingerprint density at radius 3 is 1.91 bits per heavy atom. The topological polar surface area (TPSA) is 49.4 Å². The summed E-state index contributed by atoms with van der Waals surface area (Å²) in [6.07, 6.45) is 0. The van der Waals surface area contributed by atoms with Gasteiger partial charge in [-0.25, -0.2) is 12.8 Å². The molecule has 0 aliphatic carbocycles. The van der Waals surface area contributed by atoms with Crippen molar-refractivity contribution in [1.29, 1.82) is 0 Å². The highest BCUT2D eigenvalue weighted by Crippen LogP contribution is 2.35. The summed E-state index contributed by atoms with van der Waals surface area (Å²) in [7, 11) is -3.59. The lowest BCUT2D eigenvalue weighted by molar-refractivity contribution is 0.589. The Morgan fingerprint density at radius 2 is 1.55 bits per heavy atom. The van der Waals surface area contributed by atoms with Gasteiger partial charge in [-0.05, 0) is 43.2 Å². The van der Waals surface area contributed by atoms with Gasteiger partial charge in [0.25, 0.3) is 0 Å². The summed E-state index contributed by atoms with van der Waals surface area (Å²) in [5.74, 6) is 0. The summed E-state index contributed by atoms with van der Waals surface area (Å²) in [6, 6.07) is 7.46. The molecule has 0 saturated heterocycles. The van der Waals surface area contributed by atoms with Crippen molar-refractivity contribution in [2.75, 3.05) is 11.9 Å². The zero-order chi connectivity index (χ0) is 17.3. The average Bonchev–Trinajstić information content (AvgIpc) is 2.35. The summed E-state index contributed by atoms with van der Waals surface area (Å²) in [4.78, 5) is 2.44. The zero-order valence-corrected chi connectivity index (χ0v) is 16.9. The van der Waals surface area contributed by atoms with Gasteiger partial charge in [0, 0.05) is 18.8 Å². The van der Waals surface area contributed by atoms with E-state index in [-0.39, 0.29) is 5.04 Å². The Hall–Kier alpha value is -0.853. The van der Waals surface area contributed by atoms with Crippen molar-refractivity contribution in [2.24, 2.45) is 0 Å². The highest BCUT2D eigenvalue weighted by atomic mass is 32.2. The van der Waals surface area contributed by atoms with Gasteiger partial charge >= 0.3 is 0 Å². The van der Waals surface area contributed by atoms with Gasteiger partial charge in [-0.1, -0.05) is 33.9 Å². The summed E-state index contributed by atoms with van der Waals surface area (Å²) in [5, 5.41) is -0.0438. The lowest BCUT2D eigenvalue weighted by atomic mass is 10.2. The van der Waals surface area contributed by atoms with Crippen LogP contribution in [0.1, 0.15) is 34.6 Å². The predicted molar refractivity (Wildman–Crippen MR) is 97.5 cm³/mol. The summed E-state index contributed by atoms with van der Waals surface area (Å²) in [5.41, 5.74) is 1.02. The van der Waals surface area contributed by atoms with E-state index in [4.69, 9.17) is 0 Å². The molecule has 0 saturated carbocycles. The molecule has 1 rings (SSSR count). The van der Waals surface area contributed by atoms with Crippen molar-refractivity contribution in [3.05, 3.63) is 24.3 Å². The minimum atomic E-state index is -3.47. The largest absolute Gasteiger partial charge is 0.372 e. The van der Waals surface area contributed by atoms with Crippen molar-refractivity contribution in [3.8, 4) is 0 Å². The lowest BCUT2D eigenvalue weighted by Crippen LogP contribution is -2.54. The van der Waals surface area contributed by atoms with Crippen LogP contribution in [0.3, 0.4) is 0 Å². The van der Waals surface area contributed by atoms with Crippen molar-refractivity contribution in [2.45, 2.75) is 63.7 Å². The molecule has 0 atom stereocenters. The van der Waals surface area contributed by atoms with E-state index in [2.05, 4.69) is 43.9 Å². The van der Waals surface area contributed by atoms with Crippen LogP contribution in [-0.4, -0.2) is 29.7 Å². The number of nitrogens with one attached hydrogen (secondary N) is 1. The molecule has 1 aromatic carbocycles. The summed E-state index contributed by atoms with van der Waals surface area (Å²) in [6.45, 7) is 14.6. The summed E-state index contributed by atoms with van der Waals surface area (Å²) < 4.78 is 28.2. The van der Waals surface area contributed by atoms with Crippen LogP contribution in [0.2, 0.25) is 18.1 Å². The third-order valence-electron chi connectivity index (χ3n) is 4.59. The molecule has 0 amide bonds. The number of benzene rings is 1. The standard InChI is InChI=1S/C16H30N2O2SSi/c1-13(2)18(6)14-9-11-15(12-10-14)21(19,20)17-22(7,8)16(3,4)5/h9-13,17H,1-8H3. The van der Waals surface area contributed by atoms with E-state index >= 15 is 0 Å². The molecule has 4 nitrogen and oxygen atoms in total. The maximum absolute atomic E-state index is 12.6. The van der Waals surface area contributed by atoms with E-state index in [1.807, 2.05) is 32.3 Å². The van der Waals surface area contributed by atoms with Crippen molar-refractivity contribution < 1.29 is 8.42 Å². The number of anilines is 1. The van der Waals surface area contributed by atoms with E-state index in [1.54, 1.807) is 12.1 Å². The Labute approximate surface area is 137 Å². The molecule has 0 bridgehead atoms. The Kier molecular flexibility index (Phi) is 5.53. The van der Waals surface area contributed by atoms with Gasteiger partial charge in [0.15, 0.2) is 0 Å². The molecular formula is C16H30N2O2SSi. The molecule has 0 aliphatic heterocycles. The molecule has 22 heavy (non-hydrogen) atoms. The number of sulfonamides is 1. The fraction of sp³-hybridized carbons (Fsp3) is 0.625. The van der Waals surface area contributed by atoms with E-state index in [0.717, 1.165) is 5.69 Å². The Balaban J connectivity index is 3.05. The predicted octanol–water partition coefficient (Wildman–Crippen LogP) is 3.81. The van der Waals surface area contributed by atoms with E-state index in [9.17, 15) is 8.42 Å². The van der Waals surface area contributed by atoms with Gasteiger partial charge in [0.05, 0.1) is 4.90 Å². The molecule has 0 spiro atoms. The molecular weight excluding hydrogens is 312 g/mol. The number of nitrogens with zero attached hydrogens (tertiary/aromatic N) is 1. The third kappa shape index (κ3) is 4.33. The molecule has 0 fully saturated rings. The first-order chi connectivity index (χ1) is 9.78. The average molecular weight is 343 g/mol. The van der Waals surface area contributed by atoms with Gasteiger partial charge in [-0.3, -0.25) is 0 Å². The number of hydrogen-bond acceptors (Lipinski definition) is 3. The molecule has 126 valence electrons. The van der Waals surface area contributed by atoms with Crippen LogP contribution < -0.4 is 9.29 Å². The van der Waals surface area contributed by atoms with E-state index < -0.39 is 18.3 Å². The summed E-state index contributed by atoms with van der Waals surface area (Å²) >= 11 is 0. The van der Waals surface area contributed by atoms with Crippen molar-refractivity contribution in [1.82, 2.24) is 4.39 Å². The molecule has 0 radical (unpaired) electrons. The first kappa shape index (κ1) is 19.2. The molecule has 0 aromatic heterocycles. The zero-order valence-electron chi connectivity index (χ0n) is 15.1. The maximum Gasteiger partial charge on any atom is 0.234 e. The molecule has 1 N–H and O–H groups in total. The first-order valence-corrected chi connectivity index (χ1v) is 12.1. The maximum atomic E-state index is 12.6. The fourth-order valence-electron chi connectivity index (χ4n) is 1.71. The molecule has 0 unspecified atom stereocenters. The van der Waals surface area contributed by atoms with Crippen LogP contribution in [-0.2, 0) is 10.0 Å². The minimum Gasteiger partial charge on any atom is -0.372 e.